The fraction of sp³-hybridized carbons (Fsp3) is 0.125. The molecule has 0 spiro atoms. The molecule has 7 heteroatoms. The highest BCUT2D eigenvalue weighted by atomic mass is 32.2. The molecular weight excluding hydrogens is 316 g/mol. The molecule has 0 unspecified atom stereocenters. The van der Waals surface area contributed by atoms with E-state index in [1.54, 1.807) is 24.4 Å². The predicted molar refractivity (Wildman–Crippen MR) is 88.7 cm³/mol. The van der Waals surface area contributed by atoms with E-state index in [2.05, 4.69) is 9.71 Å². The van der Waals surface area contributed by atoms with Crippen LogP contribution in [-0.2, 0) is 10.0 Å². The van der Waals surface area contributed by atoms with Crippen molar-refractivity contribution in [2.75, 3.05) is 18.9 Å². The van der Waals surface area contributed by atoms with Gasteiger partial charge in [0, 0.05) is 17.8 Å². The van der Waals surface area contributed by atoms with Gasteiger partial charge in [0.15, 0.2) is 11.5 Å². The number of nitrogens with one attached hydrogen (secondary N) is 2. The third-order valence-corrected chi connectivity index (χ3v) is 4.85. The maximum Gasteiger partial charge on any atom is 0.262 e. The van der Waals surface area contributed by atoms with Crippen molar-refractivity contribution in [2.45, 2.75) is 4.90 Å². The average molecular weight is 332 g/mol. The third kappa shape index (κ3) is 2.95. The molecule has 3 aromatic rings. The monoisotopic (exact) mass is 332 g/mol. The molecule has 0 saturated carbocycles. The van der Waals surface area contributed by atoms with Crippen LogP contribution >= 0.6 is 0 Å². The van der Waals surface area contributed by atoms with Crippen LogP contribution in [0.25, 0.3) is 10.9 Å². The molecule has 0 fully saturated rings. The number of fused-ring (bicyclic) bond motifs is 1. The van der Waals surface area contributed by atoms with Crippen molar-refractivity contribution < 1.29 is 17.9 Å². The minimum absolute atomic E-state index is 0.0988. The Morgan fingerprint density at radius 1 is 0.957 bits per heavy atom. The lowest BCUT2D eigenvalue weighted by molar-refractivity contribution is 0.354. The van der Waals surface area contributed by atoms with E-state index < -0.39 is 10.0 Å². The summed E-state index contributed by atoms with van der Waals surface area (Å²) in [5.41, 5.74) is 1.34. The Morgan fingerprint density at radius 2 is 1.74 bits per heavy atom. The summed E-state index contributed by atoms with van der Waals surface area (Å²) in [5.74, 6) is 0.828. The fourth-order valence-electron chi connectivity index (χ4n) is 2.31. The zero-order valence-corrected chi connectivity index (χ0v) is 13.5. The summed E-state index contributed by atoms with van der Waals surface area (Å²) in [6.45, 7) is 0. The third-order valence-electron chi connectivity index (χ3n) is 3.47. The van der Waals surface area contributed by atoms with Gasteiger partial charge >= 0.3 is 0 Å². The highest BCUT2D eigenvalue weighted by Crippen LogP contribution is 2.30. The number of rotatable bonds is 5. The molecule has 120 valence electrons. The van der Waals surface area contributed by atoms with E-state index in [9.17, 15) is 8.42 Å². The minimum Gasteiger partial charge on any atom is -0.493 e. The molecule has 0 bridgehead atoms. The Balaban J connectivity index is 1.94. The predicted octanol–water partition coefficient (Wildman–Crippen LogP) is 2.99. The number of methoxy groups -OCH3 is 2. The molecule has 2 N–H and O–H groups in total. The maximum atomic E-state index is 12.5. The zero-order chi connectivity index (χ0) is 16.4. The van der Waals surface area contributed by atoms with Gasteiger partial charge in [0.25, 0.3) is 10.0 Å². The topological polar surface area (TPSA) is 80.4 Å². The summed E-state index contributed by atoms with van der Waals surface area (Å²) < 4.78 is 37.9. The van der Waals surface area contributed by atoms with Crippen LogP contribution in [0.3, 0.4) is 0 Å². The highest BCUT2D eigenvalue weighted by Gasteiger charge is 2.17. The number of ether oxygens (including phenoxy) is 2. The average Bonchev–Trinajstić information content (AvgIpc) is 3.01. The van der Waals surface area contributed by atoms with Gasteiger partial charge in [-0.3, -0.25) is 4.72 Å². The van der Waals surface area contributed by atoms with Gasteiger partial charge in [-0.05, 0) is 35.7 Å². The normalized spacial score (nSPS) is 11.4. The Hall–Kier alpha value is -2.67. The number of aromatic amines is 1. The number of benzene rings is 2. The van der Waals surface area contributed by atoms with Crippen LogP contribution in [0.1, 0.15) is 0 Å². The summed E-state index contributed by atoms with van der Waals surface area (Å²) in [5, 5.41) is 1.01. The van der Waals surface area contributed by atoms with Crippen LogP contribution in [-0.4, -0.2) is 27.6 Å². The Labute approximate surface area is 134 Å². The quantitative estimate of drug-likeness (QED) is 0.753. The molecule has 0 aliphatic heterocycles. The zero-order valence-electron chi connectivity index (χ0n) is 12.7. The Kier molecular flexibility index (Phi) is 3.87. The van der Waals surface area contributed by atoms with E-state index in [-0.39, 0.29) is 4.90 Å². The van der Waals surface area contributed by atoms with E-state index >= 15 is 0 Å². The van der Waals surface area contributed by atoms with Crippen molar-refractivity contribution in [3.63, 3.8) is 0 Å². The van der Waals surface area contributed by atoms with Crippen molar-refractivity contribution in [1.29, 1.82) is 0 Å². The van der Waals surface area contributed by atoms with Gasteiger partial charge in [-0.1, -0.05) is 6.07 Å². The van der Waals surface area contributed by atoms with Gasteiger partial charge < -0.3 is 14.5 Å². The van der Waals surface area contributed by atoms with Crippen molar-refractivity contribution in [3.8, 4) is 11.5 Å². The highest BCUT2D eigenvalue weighted by molar-refractivity contribution is 7.92. The standard InChI is InChI=1S/C16H16N2O4S/c1-21-15-6-5-13(10-16(15)22-2)23(19,20)18-12-4-3-11-7-8-17-14(11)9-12/h3-10,17-18H,1-2H3. The second-order valence-electron chi connectivity index (χ2n) is 4.90. The molecule has 0 atom stereocenters. The van der Waals surface area contributed by atoms with Gasteiger partial charge in [0.1, 0.15) is 0 Å². The number of anilines is 1. The first kappa shape index (κ1) is 15.2. The largest absolute Gasteiger partial charge is 0.493 e. The molecule has 1 heterocycles. The molecule has 0 aliphatic rings. The molecule has 23 heavy (non-hydrogen) atoms. The minimum atomic E-state index is -3.72. The number of aromatic nitrogens is 1. The summed E-state index contributed by atoms with van der Waals surface area (Å²) >= 11 is 0. The van der Waals surface area contributed by atoms with Crippen molar-refractivity contribution in [3.05, 3.63) is 48.7 Å². The molecule has 6 nitrogen and oxygen atoms in total. The molecule has 0 saturated heterocycles. The summed E-state index contributed by atoms with van der Waals surface area (Å²) in [6, 6.07) is 11.7. The fourth-order valence-corrected chi connectivity index (χ4v) is 3.37. The van der Waals surface area contributed by atoms with Crippen LogP contribution in [0.2, 0.25) is 0 Å². The maximum absolute atomic E-state index is 12.5. The smallest absolute Gasteiger partial charge is 0.262 e. The van der Waals surface area contributed by atoms with Gasteiger partial charge in [0.05, 0.1) is 24.8 Å². The lowest BCUT2D eigenvalue weighted by Gasteiger charge is -2.11. The molecule has 2 aromatic carbocycles. The number of sulfonamides is 1. The first-order valence-electron chi connectivity index (χ1n) is 6.85. The first-order chi connectivity index (χ1) is 11.0. The molecule has 3 rings (SSSR count). The van der Waals surface area contributed by atoms with Gasteiger partial charge in [-0.15, -0.1) is 0 Å². The molecule has 1 aromatic heterocycles. The van der Waals surface area contributed by atoms with E-state index in [1.165, 1.54) is 26.4 Å². The number of hydrogen-bond acceptors (Lipinski definition) is 4. The second-order valence-corrected chi connectivity index (χ2v) is 6.58. The van der Waals surface area contributed by atoms with Gasteiger partial charge in [-0.2, -0.15) is 0 Å². The van der Waals surface area contributed by atoms with Gasteiger partial charge in [0.2, 0.25) is 0 Å². The lowest BCUT2D eigenvalue weighted by atomic mass is 10.2. The van der Waals surface area contributed by atoms with Crippen LogP contribution in [0, 0.1) is 0 Å². The molecule has 0 radical (unpaired) electrons. The summed E-state index contributed by atoms with van der Waals surface area (Å²) in [7, 11) is -0.767. The first-order valence-corrected chi connectivity index (χ1v) is 8.34. The van der Waals surface area contributed by atoms with Crippen molar-refractivity contribution in [1.82, 2.24) is 4.98 Å². The van der Waals surface area contributed by atoms with Crippen LogP contribution in [0.5, 0.6) is 11.5 Å². The SMILES string of the molecule is COc1ccc(S(=O)(=O)Nc2ccc3cc[nH]c3c2)cc1OC. The van der Waals surface area contributed by atoms with E-state index in [4.69, 9.17) is 9.47 Å². The lowest BCUT2D eigenvalue weighted by Crippen LogP contribution is -2.13. The molecule has 0 aliphatic carbocycles. The molecule has 0 amide bonds. The second kappa shape index (κ2) is 5.85. The van der Waals surface area contributed by atoms with E-state index in [1.807, 2.05) is 12.1 Å². The van der Waals surface area contributed by atoms with Crippen LogP contribution < -0.4 is 14.2 Å². The summed E-state index contributed by atoms with van der Waals surface area (Å²) in [6.07, 6.45) is 1.80. The molecular formula is C16H16N2O4S. The number of H-pyrrole nitrogens is 1. The van der Waals surface area contributed by atoms with Crippen LogP contribution in [0.15, 0.2) is 53.6 Å². The van der Waals surface area contributed by atoms with Crippen molar-refractivity contribution in [2.24, 2.45) is 0 Å². The van der Waals surface area contributed by atoms with E-state index in [0.717, 1.165) is 10.9 Å². The van der Waals surface area contributed by atoms with E-state index in [0.29, 0.717) is 17.2 Å². The summed E-state index contributed by atoms with van der Waals surface area (Å²) in [4.78, 5) is 3.15. The van der Waals surface area contributed by atoms with Crippen molar-refractivity contribution >= 4 is 26.6 Å². The Morgan fingerprint density at radius 3 is 2.48 bits per heavy atom. The Bertz CT molecular complexity index is 948. The van der Waals surface area contributed by atoms with Crippen LogP contribution in [0.4, 0.5) is 5.69 Å². The number of hydrogen-bond donors (Lipinski definition) is 2. The van der Waals surface area contributed by atoms with Gasteiger partial charge in [-0.25, -0.2) is 8.42 Å².